The first-order chi connectivity index (χ1) is 9.77. The maximum Gasteiger partial charge on any atom is 0.314 e. The largest absolute Gasteiger partial charge is 0.481 e. The van der Waals surface area contributed by atoms with Gasteiger partial charge in [-0.2, -0.15) is 0 Å². The molecule has 1 rings (SSSR count). The third-order valence-electron chi connectivity index (χ3n) is 3.97. The molecule has 1 amide bonds. The molecule has 1 aromatic carbocycles. The van der Waals surface area contributed by atoms with Crippen LogP contribution in [-0.2, 0) is 15.0 Å². The van der Waals surface area contributed by atoms with Gasteiger partial charge in [-0.15, -0.1) is 0 Å². The summed E-state index contributed by atoms with van der Waals surface area (Å²) in [6.45, 7) is 4.92. The Bertz CT molecular complexity index is 496. The molecule has 1 aromatic rings. The molecule has 2 unspecified atom stereocenters. The number of amides is 1. The molecule has 0 aromatic heterocycles. The van der Waals surface area contributed by atoms with E-state index in [1.54, 1.807) is 37.3 Å². The van der Waals surface area contributed by atoms with Crippen molar-refractivity contribution in [2.24, 2.45) is 0 Å². The Labute approximate surface area is 125 Å². The Kier molecular flexibility index (Phi) is 5.49. The molecule has 3 N–H and O–H groups in total. The van der Waals surface area contributed by atoms with Gasteiger partial charge >= 0.3 is 5.97 Å². The van der Waals surface area contributed by atoms with Crippen molar-refractivity contribution in [2.75, 3.05) is 6.61 Å². The van der Waals surface area contributed by atoms with Gasteiger partial charge in [-0.05, 0) is 25.8 Å². The average molecular weight is 293 g/mol. The van der Waals surface area contributed by atoms with Crippen LogP contribution in [0.2, 0.25) is 0 Å². The maximum absolute atomic E-state index is 12.2. The lowest BCUT2D eigenvalue weighted by Crippen LogP contribution is -2.50. The quantitative estimate of drug-likeness (QED) is 0.714. The van der Waals surface area contributed by atoms with E-state index in [2.05, 4.69) is 5.32 Å². The third kappa shape index (κ3) is 4.04. The van der Waals surface area contributed by atoms with Gasteiger partial charge in [0.25, 0.3) is 0 Å². The average Bonchev–Trinajstić information content (AvgIpc) is 2.47. The molecule has 0 saturated carbocycles. The van der Waals surface area contributed by atoms with Crippen LogP contribution in [0.4, 0.5) is 0 Å². The van der Waals surface area contributed by atoms with Crippen LogP contribution in [0.15, 0.2) is 30.3 Å². The van der Waals surface area contributed by atoms with Crippen LogP contribution in [0.3, 0.4) is 0 Å². The highest BCUT2D eigenvalue weighted by molar-refractivity contribution is 5.89. The van der Waals surface area contributed by atoms with Crippen molar-refractivity contribution in [3.63, 3.8) is 0 Å². The number of aliphatic hydroxyl groups is 1. The van der Waals surface area contributed by atoms with Gasteiger partial charge in [-0.25, -0.2) is 0 Å². The number of benzene rings is 1. The SMILES string of the molecule is CCC(C)(CO)NC(=O)CC(C)(C(=O)O)c1ccccc1. The summed E-state index contributed by atoms with van der Waals surface area (Å²) in [5.74, 6) is -1.44. The molecule has 0 aliphatic rings. The number of carboxylic acids is 1. The lowest BCUT2D eigenvalue weighted by atomic mass is 9.79. The molecule has 5 nitrogen and oxygen atoms in total. The summed E-state index contributed by atoms with van der Waals surface area (Å²) in [4.78, 5) is 23.8. The zero-order valence-corrected chi connectivity index (χ0v) is 12.7. The minimum atomic E-state index is -1.30. The van der Waals surface area contributed by atoms with Gasteiger partial charge in [0, 0.05) is 6.42 Å². The van der Waals surface area contributed by atoms with Crippen molar-refractivity contribution in [2.45, 2.75) is 44.6 Å². The van der Waals surface area contributed by atoms with E-state index in [1.807, 2.05) is 6.92 Å². The first-order valence-electron chi connectivity index (χ1n) is 6.98. The number of hydrogen-bond acceptors (Lipinski definition) is 3. The van der Waals surface area contributed by atoms with Gasteiger partial charge in [0.05, 0.1) is 17.6 Å². The van der Waals surface area contributed by atoms with Crippen molar-refractivity contribution >= 4 is 11.9 Å². The normalized spacial score (nSPS) is 16.6. The van der Waals surface area contributed by atoms with E-state index in [0.29, 0.717) is 12.0 Å². The van der Waals surface area contributed by atoms with Crippen LogP contribution >= 0.6 is 0 Å². The molecule has 0 bridgehead atoms. The first-order valence-corrected chi connectivity index (χ1v) is 6.98. The van der Waals surface area contributed by atoms with E-state index >= 15 is 0 Å². The molecular weight excluding hydrogens is 270 g/mol. The number of aliphatic hydroxyl groups excluding tert-OH is 1. The molecule has 0 spiro atoms. The topological polar surface area (TPSA) is 86.6 Å². The van der Waals surface area contributed by atoms with E-state index < -0.39 is 16.9 Å². The molecule has 0 radical (unpaired) electrons. The van der Waals surface area contributed by atoms with Crippen LogP contribution in [0.25, 0.3) is 0 Å². The minimum absolute atomic E-state index is 0.179. The maximum atomic E-state index is 12.2. The number of carbonyl (C=O) groups is 2. The monoisotopic (exact) mass is 293 g/mol. The molecule has 116 valence electrons. The number of carboxylic acid groups (broad SMARTS) is 1. The lowest BCUT2D eigenvalue weighted by molar-refractivity contribution is -0.146. The zero-order chi connectivity index (χ0) is 16.1. The van der Waals surface area contributed by atoms with E-state index in [4.69, 9.17) is 0 Å². The highest BCUT2D eigenvalue weighted by Crippen LogP contribution is 2.28. The molecule has 5 heteroatoms. The molecule has 0 aliphatic carbocycles. The lowest BCUT2D eigenvalue weighted by Gasteiger charge is -2.30. The van der Waals surface area contributed by atoms with Crippen molar-refractivity contribution < 1.29 is 19.8 Å². The molecule has 0 heterocycles. The fourth-order valence-electron chi connectivity index (χ4n) is 2.05. The van der Waals surface area contributed by atoms with Crippen molar-refractivity contribution in [1.82, 2.24) is 5.32 Å². The number of hydrogen-bond donors (Lipinski definition) is 3. The van der Waals surface area contributed by atoms with E-state index in [1.165, 1.54) is 6.92 Å². The number of rotatable bonds is 7. The van der Waals surface area contributed by atoms with Gasteiger partial charge in [0.15, 0.2) is 0 Å². The Hall–Kier alpha value is -1.88. The second-order valence-corrected chi connectivity index (χ2v) is 5.80. The summed E-state index contributed by atoms with van der Waals surface area (Å²) in [5.41, 5.74) is -1.45. The molecular formula is C16H23NO4. The predicted octanol–water partition coefficient (Wildman–Crippen LogP) is 1.70. The second-order valence-electron chi connectivity index (χ2n) is 5.80. The zero-order valence-electron chi connectivity index (χ0n) is 12.7. The molecule has 0 aliphatic heterocycles. The molecule has 0 saturated heterocycles. The number of aliphatic carboxylic acids is 1. The smallest absolute Gasteiger partial charge is 0.314 e. The summed E-state index contributed by atoms with van der Waals surface area (Å²) < 4.78 is 0. The van der Waals surface area contributed by atoms with Crippen LogP contribution < -0.4 is 5.32 Å². The molecule has 21 heavy (non-hydrogen) atoms. The van der Waals surface area contributed by atoms with Gasteiger partial charge in [-0.3, -0.25) is 9.59 Å². The second kappa shape index (κ2) is 6.72. The summed E-state index contributed by atoms with van der Waals surface area (Å²) in [6.07, 6.45) is 0.381. The van der Waals surface area contributed by atoms with Crippen LogP contribution in [-0.4, -0.2) is 34.2 Å². The minimum Gasteiger partial charge on any atom is -0.481 e. The summed E-state index contributed by atoms with van der Waals surface area (Å²) in [6, 6.07) is 8.70. The standard InChI is InChI=1S/C16H23NO4/c1-4-15(2,11-18)17-13(19)10-16(3,14(20)21)12-8-6-5-7-9-12/h5-9,18H,4,10-11H2,1-3H3,(H,17,19)(H,20,21). The Balaban J connectivity index is 2.95. The molecule has 2 atom stereocenters. The Morgan fingerprint density at radius 3 is 2.19 bits per heavy atom. The summed E-state index contributed by atoms with van der Waals surface area (Å²) >= 11 is 0. The Morgan fingerprint density at radius 2 is 1.76 bits per heavy atom. The van der Waals surface area contributed by atoms with Crippen molar-refractivity contribution in [3.8, 4) is 0 Å². The van der Waals surface area contributed by atoms with Crippen molar-refractivity contribution in [1.29, 1.82) is 0 Å². The van der Waals surface area contributed by atoms with Crippen LogP contribution in [0, 0.1) is 0 Å². The number of carbonyl (C=O) groups excluding carboxylic acids is 1. The van der Waals surface area contributed by atoms with E-state index in [0.717, 1.165) is 0 Å². The summed E-state index contributed by atoms with van der Waals surface area (Å²) in [7, 11) is 0. The van der Waals surface area contributed by atoms with Crippen LogP contribution in [0.1, 0.15) is 39.2 Å². The van der Waals surface area contributed by atoms with Gasteiger partial charge in [0.2, 0.25) is 5.91 Å². The third-order valence-corrected chi connectivity index (χ3v) is 3.97. The van der Waals surface area contributed by atoms with Gasteiger partial charge < -0.3 is 15.5 Å². The highest BCUT2D eigenvalue weighted by atomic mass is 16.4. The number of nitrogens with one attached hydrogen (secondary N) is 1. The predicted molar refractivity (Wildman–Crippen MR) is 80.0 cm³/mol. The summed E-state index contributed by atoms with van der Waals surface area (Å²) in [5, 5.41) is 21.6. The highest BCUT2D eigenvalue weighted by Gasteiger charge is 2.38. The van der Waals surface area contributed by atoms with Gasteiger partial charge in [0.1, 0.15) is 0 Å². The fourth-order valence-corrected chi connectivity index (χ4v) is 2.05. The van der Waals surface area contributed by atoms with Crippen molar-refractivity contribution in [3.05, 3.63) is 35.9 Å². The van der Waals surface area contributed by atoms with E-state index in [-0.39, 0.29) is 18.9 Å². The Morgan fingerprint density at radius 1 is 1.19 bits per heavy atom. The first kappa shape index (κ1) is 17.2. The fraction of sp³-hybridized carbons (Fsp3) is 0.500. The molecule has 0 fully saturated rings. The van der Waals surface area contributed by atoms with Crippen LogP contribution in [0.5, 0.6) is 0 Å². The van der Waals surface area contributed by atoms with E-state index in [9.17, 15) is 19.8 Å². The van der Waals surface area contributed by atoms with Gasteiger partial charge in [-0.1, -0.05) is 37.3 Å².